The Kier molecular flexibility index (Phi) is 4.79. The molecule has 23 heavy (non-hydrogen) atoms. The lowest BCUT2D eigenvalue weighted by Gasteiger charge is -2.06. The normalized spacial score (nSPS) is 11.1. The molecule has 0 radical (unpaired) electrons. The molecule has 2 aromatic rings. The third-order valence-corrected chi connectivity index (χ3v) is 3.71. The second kappa shape index (κ2) is 6.45. The first-order chi connectivity index (χ1) is 10.7. The molecule has 0 saturated heterocycles. The summed E-state index contributed by atoms with van der Waals surface area (Å²) in [5.41, 5.74) is -3.19. The molecule has 3 N–H and O–H groups in total. The van der Waals surface area contributed by atoms with Crippen molar-refractivity contribution in [2.24, 2.45) is 0 Å². The number of phenols is 1. The molecule has 0 spiro atoms. The minimum Gasteiger partial charge on any atom is -0.505 e. The molecule has 1 aromatic heterocycles. The van der Waals surface area contributed by atoms with E-state index in [0.29, 0.717) is 0 Å². The van der Waals surface area contributed by atoms with Gasteiger partial charge >= 0.3 is 16.9 Å². The Morgan fingerprint density at radius 3 is 2.39 bits per heavy atom. The number of aromatic amines is 2. The standard InChI is InChI=1S/C12H6Cl3N3O5/c13-5-3-6(14)10(19)8(15)4(5)1-2-7-9(18(22)23)11(20)17-12(21)16-7/h1-3,19H,(H2,16,17,20,21). The van der Waals surface area contributed by atoms with Crippen molar-refractivity contribution in [3.63, 3.8) is 0 Å². The molecule has 0 amide bonds. The molecular weight excluding hydrogens is 373 g/mol. The quantitative estimate of drug-likeness (QED) is 0.558. The van der Waals surface area contributed by atoms with Gasteiger partial charge < -0.3 is 10.1 Å². The largest absolute Gasteiger partial charge is 0.505 e. The lowest BCUT2D eigenvalue weighted by molar-refractivity contribution is -0.386. The van der Waals surface area contributed by atoms with E-state index in [2.05, 4.69) is 4.98 Å². The number of aromatic nitrogens is 2. The van der Waals surface area contributed by atoms with Crippen LogP contribution in [0.1, 0.15) is 11.3 Å². The number of rotatable bonds is 3. The maximum atomic E-state index is 11.5. The van der Waals surface area contributed by atoms with E-state index in [1.54, 1.807) is 4.98 Å². The summed E-state index contributed by atoms with van der Waals surface area (Å²) in [5.74, 6) is -0.425. The summed E-state index contributed by atoms with van der Waals surface area (Å²) in [4.78, 5) is 36.6. The molecule has 0 bridgehead atoms. The lowest BCUT2D eigenvalue weighted by atomic mass is 10.1. The Morgan fingerprint density at radius 1 is 1.13 bits per heavy atom. The van der Waals surface area contributed by atoms with Crippen molar-refractivity contribution >= 4 is 52.6 Å². The van der Waals surface area contributed by atoms with E-state index in [4.69, 9.17) is 34.8 Å². The fraction of sp³-hybridized carbons (Fsp3) is 0. The number of nitro groups is 1. The smallest absolute Gasteiger partial charge is 0.357 e. The van der Waals surface area contributed by atoms with Gasteiger partial charge in [0.1, 0.15) is 5.69 Å². The van der Waals surface area contributed by atoms with E-state index in [0.717, 1.165) is 6.08 Å². The van der Waals surface area contributed by atoms with Crippen molar-refractivity contribution in [2.45, 2.75) is 0 Å². The highest BCUT2D eigenvalue weighted by Gasteiger charge is 2.19. The van der Waals surface area contributed by atoms with Crippen molar-refractivity contribution in [1.82, 2.24) is 9.97 Å². The van der Waals surface area contributed by atoms with Crippen LogP contribution in [0.15, 0.2) is 15.7 Å². The van der Waals surface area contributed by atoms with Crippen molar-refractivity contribution in [1.29, 1.82) is 0 Å². The maximum absolute atomic E-state index is 11.5. The summed E-state index contributed by atoms with van der Waals surface area (Å²) in [7, 11) is 0. The van der Waals surface area contributed by atoms with Crippen LogP contribution in [-0.2, 0) is 0 Å². The van der Waals surface area contributed by atoms with Crippen LogP contribution in [0.3, 0.4) is 0 Å². The minimum atomic E-state index is -1.16. The molecule has 0 fully saturated rings. The molecule has 1 aromatic carbocycles. The van der Waals surface area contributed by atoms with Gasteiger partial charge in [0.25, 0.3) is 0 Å². The summed E-state index contributed by atoms with van der Waals surface area (Å²) in [5, 5.41) is 20.4. The second-order valence-corrected chi connectivity index (χ2v) is 5.37. The number of aromatic hydroxyl groups is 1. The minimum absolute atomic E-state index is 0.0592. The van der Waals surface area contributed by atoms with Crippen LogP contribution >= 0.6 is 34.8 Å². The van der Waals surface area contributed by atoms with E-state index >= 15 is 0 Å². The number of halogens is 3. The van der Waals surface area contributed by atoms with E-state index in [-0.39, 0.29) is 26.3 Å². The van der Waals surface area contributed by atoms with E-state index in [1.807, 2.05) is 0 Å². The van der Waals surface area contributed by atoms with Crippen LogP contribution in [0.25, 0.3) is 12.2 Å². The van der Waals surface area contributed by atoms with Gasteiger partial charge in [-0.2, -0.15) is 0 Å². The zero-order valence-corrected chi connectivity index (χ0v) is 13.2. The molecule has 120 valence electrons. The second-order valence-electron chi connectivity index (χ2n) is 4.18. The van der Waals surface area contributed by atoms with Gasteiger partial charge in [-0.3, -0.25) is 19.9 Å². The first kappa shape index (κ1) is 17.1. The Bertz CT molecular complexity index is 948. The number of hydrogen-bond donors (Lipinski definition) is 3. The molecule has 0 saturated carbocycles. The highest BCUT2D eigenvalue weighted by atomic mass is 35.5. The predicted octanol–water partition coefficient (Wildman–Crippen LogP) is 2.81. The number of H-pyrrole nitrogens is 2. The van der Waals surface area contributed by atoms with Crippen LogP contribution in [0.5, 0.6) is 5.75 Å². The molecule has 0 atom stereocenters. The van der Waals surface area contributed by atoms with Crippen LogP contribution in [-0.4, -0.2) is 20.0 Å². The summed E-state index contributed by atoms with van der Waals surface area (Å²) in [6, 6.07) is 1.22. The molecule has 0 unspecified atom stereocenters. The summed E-state index contributed by atoms with van der Waals surface area (Å²) in [6.45, 7) is 0. The van der Waals surface area contributed by atoms with Gasteiger partial charge in [-0.15, -0.1) is 0 Å². The first-order valence-corrected chi connectivity index (χ1v) is 6.91. The monoisotopic (exact) mass is 377 g/mol. The van der Waals surface area contributed by atoms with Gasteiger partial charge in [0, 0.05) is 5.56 Å². The number of nitrogens with zero attached hydrogens (tertiary/aromatic N) is 1. The molecule has 1 heterocycles. The third-order valence-electron chi connectivity index (χ3n) is 2.73. The van der Waals surface area contributed by atoms with Crippen LogP contribution < -0.4 is 11.2 Å². The predicted molar refractivity (Wildman–Crippen MR) is 86.4 cm³/mol. The highest BCUT2D eigenvalue weighted by molar-refractivity contribution is 6.42. The topological polar surface area (TPSA) is 129 Å². The van der Waals surface area contributed by atoms with Crippen LogP contribution in [0, 0.1) is 10.1 Å². The molecule has 0 aliphatic heterocycles. The molecule has 2 rings (SSSR count). The number of nitrogens with one attached hydrogen (secondary N) is 2. The van der Waals surface area contributed by atoms with Gasteiger partial charge in [0.2, 0.25) is 0 Å². The molecule has 8 nitrogen and oxygen atoms in total. The average Bonchev–Trinajstić information content (AvgIpc) is 2.43. The molecule has 0 aliphatic rings. The van der Waals surface area contributed by atoms with Gasteiger partial charge in [0.05, 0.1) is 20.0 Å². The fourth-order valence-electron chi connectivity index (χ4n) is 1.71. The Labute approximate surface area is 142 Å². The SMILES string of the molecule is O=c1[nH]c(C=Cc2c(Cl)cc(Cl)c(O)c2Cl)c([N+](=O)[O-])c(=O)[nH]1. The van der Waals surface area contributed by atoms with Gasteiger partial charge in [-0.25, -0.2) is 4.79 Å². The molecule has 0 aliphatic carbocycles. The summed E-state index contributed by atoms with van der Waals surface area (Å²) >= 11 is 17.5. The average molecular weight is 379 g/mol. The third kappa shape index (κ3) is 3.39. The maximum Gasteiger partial charge on any atom is 0.357 e. The lowest BCUT2D eigenvalue weighted by Crippen LogP contribution is -2.25. The summed E-state index contributed by atoms with van der Waals surface area (Å²) in [6.07, 6.45) is 2.26. The number of benzene rings is 1. The van der Waals surface area contributed by atoms with Crippen LogP contribution in [0.4, 0.5) is 5.69 Å². The molecule has 11 heteroatoms. The number of hydrogen-bond acceptors (Lipinski definition) is 5. The molecular formula is C12H6Cl3N3O5. The van der Waals surface area contributed by atoms with Gasteiger partial charge in [0.15, 0.2) is 5.75 Å². The highest BCUT2D eigenvalue weighted by Crippen LogP contribution is 2.39. The first-order valence-electron chi connectivity index (χ1n) is 5.78. The number of phenolic OH excluding ortho intramolecular Hbond substituents is 1. The zero-order chi connectivity index (χ0) is 17.3. The van der Waals surface area contributed by atoms with E-state index in [1.165, 1.54) is 12.1 Å². The van der Waals surface area contributed by atoms with Crippen molar-refractivity contribution < 1.29 is 10.0 Å². The Morgan fingerprint density at radius 2 is 1.78 bits per heavy atom. The van der Waals surface area contributed by atoms with Crippen molar-refractivity contribution in [3.05, 3.63) is 63.3 Å². The summed E-state index contributed by atoms with van der Waals surface area (Å²) < 4.78 is 0. The van der Waals surface area contributed by atoms with Gasteiger partial charge in [-0.1, -0.05) is 34.8 Å². The van der Waals surface area contributed by atoms with Gasteiger partial charge in [-0.05, 0) is 18.2 Å². The fourth-order valence-corrected chi connectivity index (χ4v) is 2.60. The van der Waals surface area contributed by atoms with E-state index in [9.17, 15) is 24.8 Å². The Balaban J connectivity index is 2.63. The van der Waals surface area contributed by atoms with E-state index < -0.39 is 27.6 Å². The van der Waals surface area contributed by atoms with Crippen molar-refractivity contribution in [2.75, 3.05) is 0 Å². The zero-order valence-electron chi connectivity index (χ0n) is 10.9. The van der Waals surface area contributed by atoms with Crippen molar-refractivity contribution in [3.8, 4) is 5.75 Å². The Hall–Kier alpha value is -2.29. The van der Waals surface area contributed by atoms with Crippen LogP contribution in [0.2, 0.25) is 15.1 Å².